The van der Waals surface area contributed by atoms with E-state index in [1.807, 2.05) is 0 Å². The van der Waals surface area contributed by atoms with Crippen molar-refractivity contribution in [1.82, 2.24) is 9.88 Å². The van der Waals surface area contributed by atoms with Crippen LogP contribution in [0.25, 0.3) is 10.9 Å². The normalized spacial score (nSPS) is 15.9. The molecule has 9 nitrogen and oxygen atoms in total. The smallest absolute Gasteiger partial charge is 0.261 e. The van der Waals surface area contributed by atoms with Gasteiger partial charge in [0.05, 0.1) is 10.6 Å². The molecule has 1 amide bonds. The van der Waals surface area contributed by atoms with Gasteiger partial charge in [0.1, 0.15) is 18.8 Å². The minimum Gasteiger partial charge on any atom is -0.486 e. The van der Waals surface area contributed by atoms with E-state index >= 15 is 0 Å². The standard InChI is InChI=1S/C23H23N3O6S/c27-22-17-13-16(33(29,30)25-15-4-7-20-21(12-15)32-11-10-31-20)5-6-19(17)24-14-18(22)23(28)26-8-2-1-3-9-26/h4-7,12-14,25H,1-3,8-11H2,(H,24,27). The number of carbonyl (C=O) groups excluding carboxylic acids is 1. The number of carbonyl (C=O) groups is 1. The third-order valence-corrected chi connectivity index (χ3v) is 7.21. The van der Waals surface area contributed by atoms with Gasteiger partial charge in [-0.25, -0.2) is 8.42 Å². The zero-order chi connectivity index (χ0) is 23.0. The van der Waals surface area contributed by atoms with Gasteiger partial charge < -0.3 is 19.4 Å². The zero-order valence-corrected chi connectivity index (χ0v) is 18.6. The predicted molar refractivity (Wildman–Crippen MR) is 123 cm³/mol. The van der Waals surface area contributed by atoms with Gasteiger partial charge in [0, 0.05) is 36.3 Å². The number of benzene rings is 2. The summed E-state index contributed by atoms with van der Waals surface area (Å²) in [4.78, 5) is 30.5. The van der Waals surface area contributed by atoms with Crippen LogP contribution in [0.1, 0.15) is 29.6 Å². The van der Waals surface area contributed by atoms with Crippen LogP contribution in [0.3, 0.4) is 0 Å². The van der Waals surface area contributed by atoms with Gasteiger partial charge in [-0.3, -0.25) is 14.3 Å². The molecule has 1 saturated heterocycles. The fourth-order valence-corrected chi connectivity index (χ4v) is 5.19. The number of aromatic amines is 1. The first-order valence-corrected chi connectivity index (χ1v) is 12.3. The van der Waals surface area contributed by atoms with Crippen molar-refractivity contribution >= 4 is 32.5 Å². The molecular weight excluding hydrogens is 446 g/mol. The molecule has 2 N–H and O–H groups in total. The Balaban J connectivity index is 1.47. The fraction of sp³-hybridized carbons (Fsp3) is 0.304. The third-order valence-electron chi connectivity index (χ3n) is 5.83. The van der Waals surface area contributed by atoms with E-state index in [0.717, 1.165) is 19.3 Å². The Morgan fingerprint density at radius 2 is 1.73 bits per heavy atom. The lowest BCUT2D eigenvalue weighted by molar-refractivity contribution is 0.0723. The average Bonchev–Trinajstić information content (AvgIpc) is 2.84. The highest BCUT2D eigenvalue weighted by Crippen LogP contribution is 2.33. The number of nitrogens with one attached hydrogen (secondary N) is 2. The van der Waals surface area contributed by atoms with E-state index in [4.69, 9.17) is 9.47 Å². The van der Waals surface area contributed by atoms with E-state index in [-0.39, 0.29) is 21.8 Å². The molecule has 0 unspecified atom stereocenters. The summed E-state index contributed by atoms with van der Waals surface area (Å²) < 4.78 is 39.5. The van der Waals surface area contributed by atoms with Gasteiger partial charge in [-0.2, -0.15) is 0 Å². The van der Waals surface area contributed by atoms with Crippen molar-refractivity contribution in [2.24, 2.45) is 0 Å². The number of anilines is 1. The quantitative estimate of drug-likeness (QED) is 0.607. The Labute approximate surface area is 190 Å². The second-order valence-electron chi connectivity index (χ2n) is 8.06. The Morgan fingerprint density at radius 3 is 2.52 bits per heavy atom. The number of amides is 1. The summed E-state index contributed by atoms with van der Waals surface area (Å²) in [5, 5.41) is 0.142. The lowest BCUT2D eigenvalue weighted by Crippen LogP contribution is -2.38. The average molecular weight is 470 g/mol. The van der Waals surface area contributed by atoms with Gasteiger partial charge in [-0.15, -0.1) is 0 Å². The van der Waals surface area contributed by atoms with Crippen LogP contribution in [-0.4, -0.2) is 50.5 Å². The number of sulfonamides is 1. The Kier molecular flexibility index (Phi) is 5.45. The van der Waals surface area contributed by atoms with Crippen molar-refractivity contribution in [3.63, 3.8) is 0 Å². The molecule has 172 valence electrons. The highest BCUT2D eigenvalue weighted by atomic mass is 32.2. The van der Waals surface area contributed by atoms with Gasteiger partial charge in [0.25, 0.3) is 15.9 Å². The van der Waals surface area contributed by atoms with E-state index in [0.29, 0.717) is 49.0 Å². The molecule has 2 aromatic carbocycles. The van der Waals surface area contributed by atoms with Crippen molar-refractivity contribution in [3.8, 4) is 11.5 Å². The maximum absolute atomic E-state index is 13.1. The van der Waals surface area contributed by atoms with E-state index in [1.54, 1.807) is 23.1 Å². The topological polar surface area (TPSA) is 118 Å². The van der Waals surface area contributed by atoms with E-state index in [2.05, 4.69) is 9.71 Å². The SMILES string of the molecule is O=C(c1c[nH]c2ccc(S(=O)(=O)Nc3ccc4c(c3)OCCO4)cc2c1=O)N1CCCCC1. The number of likely N-dealkylation sites (tertiary alicyclic amines) is 1. The van der Waals surface area contributed by atoms with Gasteiger partial charge in [-0.05, 0) is 49.6 Å². The number of hydrogen-bond acceptors (Lipinski definition) is 6. The number of piperidine rings is 1. The van der Waals surface area contributed by atoms with Crippen LogP contribution in [0.2, 0.25) is 0 Å². The van der Waals surface area contributed by atoms with Crippen molar-refractivity contribution in [3.05, 3.63) is 58.4 Å². The lowest BCUT2D eigenvalue weighted by Gasteiger charge is -2.26. The second-order valence-corrected chi connectivity index (χ2v) is 9.74. The first kappa shape index (κ1) is 21.3. The minimum absolute atomic E-state index is 0.0127. The molecule has 3 heterocycles. The molecule has 33 heavy (non-hydrogen) atoms. The molecule has 0 saturated carbocycles. The van der Waals surface area contributed by atoms with Crippen LogP contribution >= 0.6 is 0 Å². The van der Waals surface area contributed by atoms with Gasteiger partial charge >= 0.3 is 0 Å². The Morgan fingerprint density at radius 1 is 0.970 bits per heavy atom. The van der Waals surface area contributed by atoms with E-state index in [1.165, 1.54) is 24.4 Å². The van der Waals surface area contributed by atoms with Crippen LogP contribution in [-0.2, 0) is 10.0 Å². The molecule has 5 rings (SSSR count). The van der Waals surface area contributed by atoms with Crippen molar-refractivity contribution < 1.29 is 22.7 Å². The molecule has 0 atom stereocenters. The monoisotopic (exact) mass is 469 g/mol. The molecule has 1 aromatic heterocycles. The van der Waals surface area contributed by atoms with Crippen molar-refractivity contribution in [2.45, 2.75) is 24.2 Å². The highest BCUT2D eigenvalue weighted by molar-refractivity contribution is 7.92. The predicted octanol–water partition coefficient (Wildman–Crippen LogP) is 2.73. The summed E-state index contributed by atoms with van der Waals surface area (Å²) in [5.74, 6) is 0.671. The molecule has 0 radical (unpaired) electrons. The van der Waals surface area contributed by atoms with Crippen molar-refractivity contribution in [2.75, 3.05) is 31.0 Å². The largest absolute Gasteiger partial charge is 0.486 e. The number of ether oxygens (including phenoxy) is 2. The van der Waals surface area contributed by atoms with Crippen LogP contribution in [0.15, 0.2) is 52.3 Å². The summed E-state index contributed by atoms with van der Waals surface area (Å²) in [6.07, 6.45) is 4.29. The maximum Gasteiger partial charge on any atom is 0.261 e. The molecule has 2 aliphatic rings. The fourth-order valence-electron chi connectivity index (χ4n) is 4.11. The summed E-state index contributed by atoms with van der Waals surface area (Å²) >= 11 is 0. The Hall–Kier alpha value is -3.53. The minimum atomic E-state index is -4.00. The number of hydrogen-bond donors (Lipinski definition) is 2. The summed E-state index contributed by atoms with van der Waals surface area (Å²) in [6.45, 7) is 2.05. The first-order valence-electron chi connectivity index (χ1n) is 10.8. The van der Waals surface area contributed by atoms with Crippen LogP contribution < -0.4 is 19.6 Å². The number of nitrogens with zero attached hydrogens (tertiary/aromatic N) is 1. The number of fused-ring (bicyclic) bond motifs is 2. The van der Waals surface area contributed by atoms with Gasteiger partial charge in [-0.1, -0.05) is 0 Å². The highest BCUT2D eigenvalue weighted by Gasteiger charge is 2.23. The van der Waals surface area contributed by atoms with Gasteiger partial charge in [0.2, 0.25) is 5.43 Å². The van der Waals surface area contributed by atoms with E-state index in [9.17, 15) is 18.0 Å². The van der Waals surface area contributed by atoms with Crippen LogP contribution in [0, 0.1) is 0 Å². The summed E-state index contributed by atoms with van der Waals surface area (Å²) in [5.41, 5.74) is 0.283. The molecule has 0 aliphatic carbocycles. The number of H-pyrrole nitrogens is 1. The molecule has 0 bridgehead atoms. The molecular formula is C23H23N3O6S. The molecule has 10 heteroatoms. The molecule has 0 spiro atoms. The molecule has 2 aliphatic heterocycles. The number of aromatic nitrogens is 1. The first-order chi connectivity index (χ1) is 15.9. The lowest BCUT2D eigenvalue weighted by atomic mass is 10.1. The van der Waals surface area contributed by atoms with Crippen molar-refractivity contribution in [1.29, 1.82) is 0 Å². The summed E-state index contributed by atoms with van der Waals surface area (Å²) in [6, 6.07) is 8.98. The van der Waals surface area contributed by atoms with Gasteiger partial charge in [0.15, 0.2) is 11.5 Å². The zero-order valence-electron chi connectivity index (χ0n) is 17.8. The second kappa shape index (κ2) is 8.43. The van der Waals surface area contributed by atoms with Crippen LogP contribution in [0.4, 0.5) is 5.69 Å². The molecule has 3 aromatic rings. The third kappa shape index (κ3) is 4.13. The summed E-state index contributed by atoms with van der Waals surface area (Å²) in [7, 11) is -4.00. The Bertz CT molecular complexity index is 1390. The number of pyridine rings is 1. The molecule has 1 fully saturated rings. The maximum atomic E-state index is 13.1. The number of rotatable bonds is 4. The van der Waals surface area contributed by atoms with E-state index < -0.39 is 15.5 Å². The van der Waals surface area contributed by atoms with Crippen LogP contribution in [0.5, 0.6) is 11.5 Å².